The quantitative estimate of drug-likeness (QED) is 0.760. The van der Waals surface area contributed by atoms with Crippen LogP contribution >= 0.6 is 11.8 Å². The molecule has 166 valence electrons. The molecule has 4 heterocycles. The zero-order chi connectivity index (χ0) is 21.8. The van der Waals surface area contributed by atoms with Gasteiger partial charge in [0, 0.05) is 56.7 Å². The minimum Gasteiger partial charge on any atom is -0.475 e. The Labute approximate surface area is 175 Å². The van der Waals surface area contributed by atoms with Crippen molar-refractivity contribution in [3.05, 3.63) is 24.4 Å². The van der Waals surface area contributed by atoms with Gasteiger partial charge in [-0.3, -0.25) is 4.79 Å². The molecule has 1 N–H and O–H groups in total. The van der Waals surface area contributed by atoms with Crippen LogP contribution in [0.4, 0.5) is 13.2 Å². The van der Waals surface area contributed by atoms with Gasteiger partial charge in [0.1, 0.15) is 6.10 Å². The molecule has 0 bridgehead atoms. The predicted molar refractivity (Wildman–Crippen MR) is 102 cm³/mol. The van der Waals surface area contributed by atoms with Crippen molar-refractivity contribution in [2.24, 2.45) is 5.92 Å². The van der Waals surface area contributed by atoms with Crippen molar-refractivity contribution in [3.8, 4) is 5.88 Å². The van der Waals surface area contributed by atoms with E-state index in [1.807, 2.05) is 34.9 Å². The van der Waals surface area contributed by atoms with E-state index >= 15 is 0 Å². The monoisotopic (exact) mass is 448 g/mol. The lowest BCUT2D eigenvalue weighted by atomic mass is 9.89. The van der Waals surface area contributed by atoms with E-state index in [4.69, 9.17) is 19.4 Å². The summed E-state index contributed by atoms with van der Waals surface area (Å²) in [5, 5.41) is 7.12. The third-order valence-corrected chi connectivity index (χ3v) is 6.76. The summed E-state index contributed by atoms with van der Waals surface area (Å²) in [6, 6.07) is 5.73. The summed E-state index contributed by atoms with van der Waals surface area (Å²) in [7, 11) is 0. The van der Waals surface area contributed by atoms with E-state index in [1.165, 1.54) is 0 Å². The number of carbonyl (C=O) groups is 2. The highest BCUT2D eigenvalue weighted by Crippen LogP contribution is 2.46. The van der Waals surface area contributed by atoms with Crippen LogP contribution in [0.1, 0.15) is 19.3 Å². The van der Waals surface area contributed by atoms with E-state index in [-0.39, 0.29) is 16.8 Å². The van der Waals surface area contributed by atoms with Gasteiger partial charge in [0.05, 0.1) is 4.75 Å². The van der Waals surface area contributed by atoms with Gasteiger partial charge in [-0.2, -0.15) is 13.2 Å². The van der Waals surface area contributed by atoms with Crippen molar-refractivity contribution < 1.29 is 37.3 Å². The van der Waals surface area contributed by atoms with E-state index in [1.54, 1.807) is 6.20 Å². The van der Waals surface area contributed by atoms with Crippen molar-refractivity contribution in [1.29, 1.82) is 0 Å². The Balaban J connectivity index is 0.000000318. The minimum atomic E-state index is -5.08. The summed E-state index contributed by atoms with van der Waals surface area (Å²) in [4.78, 5) is 27.7. The summed E-state index contributed by atoms with van der Waals surface area (Å²) in [5.41, 5.74) is 0. The first-order valence-electron chi connectivity index (χ1n) is 9.57. The number of rotatable bonds is 3. The zero-order valence-electron chi connectivity index (χ0n) is 16.1. The lowest BCUT2D eigenvalue weighted by Gasteiger charge is -2.48. The van der Waals surface area contributed by atoms with E-state index < -0.39 is 12.1 Å². The molecule has 3 aliphatic heterocycles. The lowest BCUT2D eigenvalue weighted by molar-refractivity contribution is -0.192. The Bertz CT molecular complexity index is 737. The Morgan fingerprint density at radius 1 is 1.27 bits per heavy atom. The molecule has 1 aromatic rings. The van der Waals surface area contributed by atoms with Crippen LogP contribution in [0.3, 0.4) is 0 Å². The molecule has 1 spiro atoms. The molecule has 0 radical (unpaired) electrons. The molecule has 3 fully saturated rings. The number of halogens is 3. The molecular weight excluding hydrogens is 425 g/mol. The maximum absolute atomic E-state index is 12.5. The Hall–Kier alpha value is -2.01. The molecule has 11 heteroatoms. The second kappa shape index (κ2) is 9.42. The Kier molecular flexibility index (Phi) is 7.12. The number of hydrogen-bond donors (Lipinski definition) is 1. The van der Waals surface area contributed by atoms with Crippen molar-refractivity contribution >= 4 is 23.6 Å². The molecular formula is C19H23F3N2O5S. The standard InChI is InChI=1S/C17H22N2O3S.C2HF3O2/c20-16(13-4-7-21-8-5-13)19-11-17(12-19)9-14(10-23-17)22-15-3-1-2-6-18-15;3-2(4,5)1(6)7/h1-3,6,13-14H,4-5,7-12H2;(H,6,7). The maximum atomic E-state index is 12.5. The number of carbonyl (C=O) groups excluding carboxylic acids is 1. The van der Waals surface area contributed by atoms with Gasteiger partial charge in [-0.25, -0.2) is 9.78 Å². The molecule has 7 nitrogen and oxygen atoms in total. The maximum Gasteiger partial charge on any atom is 0.490 e. The molecule has 0 aromatic carbocycles. The number of thioether (sulfide) groups is 1. The van der Waals surface area contributed by atoms with Crippen molar-refractivity contribution in [2.45, 2.75) is 36.3 Å². The number of likely N-dealkylation sites (tertiary alicyclic amines) is 1. The van der Waals surface area contributed by atoms with Crippen molar-refractivity contribution in [2.75, 3.05) is 32.1 Å². The van der Waals surface area contributed by atoms with E-state index in [9.17, 15) is 18.0 Å². The fourth-order valence-corrected chi connectivity index (χ4v) is 5.22. The normalized spacial score (nSPS) is 23.3. The third kappa shape index (κ3) is 5.78. The fourth-order valence-electron chi connectivity index (χ4n) is 3.69. The first-order valence-corrected chi connectivity index (χ1v) is 10.6. The summed E-state index contributed by atoms with van der Waals surface area (Å²) in [6.07, 6.45) is -0.367. The topological polar surface area (TPSA) is 89.0 Å². The largest absolute Gasteiger partial charge is 0.490 e. The summed E-state index contributed by atoms with van der Waals surface area (Å²) in [6.45, 7) is 3.19. The average Bonchev–Trinajstić information content (AvgIpc) is 3.12. The van der Waals surface area contributed by atoms with Crippen LogP contribution < -0.4 is 4.74 Å². The molecule has 1 unspecified atom stereocenters. The second-order valence-electron chi connectivity index (χ2n) is 7.49. The summed E-state index contributed by atoms with van der Waals surface area (Å²) in [5.74, 6) is -0.575. The van der Waals surface area contributed by atoms with E-state index in [0.717, 1.165) is 51.3 Å². The number of carboxylic acids is 1. The van der Waals surface area contributed by atoms with Gasteiger partial charge in [0.2, 0.25) is 11.8 Å². The summed E-state index contributed by atoms with van der Waals surface area (Å²) >= 11 is 1.96. The molecule has 1 atom stereocenters. The first-order chi connectivity index (χ1) is 14.2. The highest BCUT2D eigenvalue weighted by Gasteiger charge is 2.52. The molecule has 30 heavy (non-hydrogen) atoms. The first kappa shape index (κ1) is 22.7. The van der Waals surface area contributed by atoms with Crippen LogP contribution in [0.2, 0.25) is 0 Å². The van der Waals surface area contributed by atoms with Crippen molar-refractivity contribution in [1.82, 2.24) is 9.88 Å². The number of pyridine rings is 1. The lowest BCUT2D eigenvalue weighted by Crippen LogP contribution is -2.62. The molecule has 4 rings (SSSR count). The molecule has 0 saturated carbocycles. The number of nitrogens with zero attached hydrogens (tertiary/aromatic N) is 2. The van der Waals surface area contributed by atoms with Crippen LogP contribution in [0, 0.1) is 5.92 Å². The van der Waals surface area contributed by atoms with Crippen LogP contribution in [-0.2, 0) is 14.3 Å². The van der Waals surface area contributed by atoms with Gasteiger partial charge >= 0.3 is 12.1 Å². The molecule has 1 aromatic heterocycles. The number of ether oxygens (including phenoxy) is 2. The van der Waals surface area contributed by atoms with Gasteiger partial charge in [-0.15, -0.1) is 11.8 Å². The Morgan fingerprint density at radius 2 is 1.93 bits per heavy atom. The van der Waals surface area contributed by atoms with Crippen molar-refractivity contribution in [3.63, 3.8) is 0 Å². The summed E-state index contributed by atoms with van der Waals surface area (Å²) < 4.78 is 43.3. The van der Waals surface area contributed by atoms with E-state index in [2.05, 4.69) is 4.98 Å². The van der Waals surface area contributed by atoms with Crippen LogP contribution in [-0.4, -0.2) is 76.0 Å². The third-order valence-electron chi connectivity index (χ3n) is 5.18. The van der Waals surface area contributed by atoms with Gasteiger partial charge < -0.3 is 19.5 Å². The number of aliphatic carboxylic acids is 1. The SMILES string of the molecule is O=C(C1CCOCC1)N1CC2(CC(Oc3ccccn3)CS2)C1.O=C(O)C(F)(F)F. The Morgan fingerprint density at radius 3 is 2.50 bits per heavy atom. The van der Waals surface area contributed by atoms with Crippen LogP contribution in [0.25, 0.3) is 0 Å². The van der Waals surface area contributed by atoms with Gasteiger partial charge in [0.25, 0.3) is 0 Å². The second-order valence-corrected chi connectivity index (χ2v) is 8.98. The smallest absolute Gasteiger partial charge is 0.475 e. The van der Waals surface area contributed by atoms with E-state index in [0.29, 0.717) is 11.8 Å². The molecule has 3 saturated heterocycles. The zero-order valence-corrected chi connectivity index (χ0v) is 17.0. The molecule has 1 amide bonds. The highest BCUT2D eigenvalue weighted by atomic mass is 32.2. The van der Waals surface area contributed by atoms with Gasteiger partial charge in [-0.05, 0) is 18.9 Å². The predicted octanol–water partition coefficient (Wildman–Crippen LogP) is 2.61. The fraction of sp³-hybridized carbons (Fsp3) is 0.632. The number of aromatic nitrogens is 1. The minimum absolute atomic E-state index is 0.174. The van der Waals surface area contributed by atoms with Crippen LogP contribution in [0.5, 0.6) is 5.88 Å². The number of amides is 1. The van der Waals surface area contributed by atoms with Gasteiger partial charge in [0.15, 0.2) is 0 Å². The number of hydrogen-bond acceptors (Lipinski definition) is 6. The average molecular weight is 448 g/mol. The van der Waals surface area contributed by atoms with Gasteiger partial charge in [-0.1, -0.05) is 6.07 Å². The van der Waals surface area contributed by atoms with Crippen LogP contribution in [0.15, 0.2) is 24.4 Å². The molecule has 0 aliphatic carbocycles. The molecule has 3 aliphatic rings. The number of alkyl halides is 3. The highest BCUT2D eigenvalue weighted by molar-refractivity contribution is 8.01. The number of carboxylic acid groups (broad SMARTS) is 1.